The lowest BCUT2D eigenvalue weighted by atomic mass is 10.0. The van der Waals surface area contributed by atoms with Crippen molar-refractivity contribution in [3.05, 3.63) is 16.7 Å². The molecule has 0 unspecified atom stereocenters. The molecule has 1 heterocycles. The van der Waals surface area contributed by atoms with Crippen LogP contribution in [0, 0.1) is 0 Å². The van der Waals surface area contributed by atoms with Crippen LogP contribution in [0.15, 0.2) is 21.8 Å². The van der Waals surface area contributed by atoms with Crippen LogP contribution in [0.3, 0.4) is 0 Å². The number of rotatable bonds is 2. The second-order valence-corrected chi connectivity index (χ2v) is 6.13. The molecule has 0 saturated heterocycles. The Kier molecular flexibility index (Phi) is 3.92. The first-order chi connectivity index (χ1) is 7.25. The molecular weight excluding hydrogens is 272 g/mol. The molecule has 4 heteroatoms. The molecule has 2 N–H and O–H groups in total. The normalized spacial score (nSPS) is 17.9. The van der Waals surface area contributed by atoms with Crippen LogP contribution in [0.5, 0.6) is 0 Å². The van der Waals surface area contributed by atoms with Gasteiger partial charge in [-0.25, -0.2) is 4.98 Å². The third-order valence-electron chi connectivity index (χ3n) is 2.68. The van der Waals surface area contributed by atoms with Gasteiger partial charge in [0.2, 0.25) is 0 Å². The number of nitrogens with zero attached hydrogens (tertiary/aromatic N) is 1. The fraction of sp³-hybridized carbons (Fsp3) is 0.545. The third-order valence-corrected chi connectivity index (χ3v) is 4.48. The van der Waals surface area contributed by atoms with Gasteiger partial charge in [-0.1, -0.05) is 19.3 Å². The lowest BCUT2D eigenvalue weighted by Gasteiger charge is -2.20. The highest BCUT2D eigenvalue weighted by atomic mass is 79.9. The van der Waals surface area contributed by atoms with Gasteiger partial charge in [0.15, 0.2) is 0 Å². The van der Waals surface area contributed by atoms with Gasteiger partial charge in [-0.3, -0.25) is 0 Å². The first-order valence-electron chi connectivity index (χ1n) is 5.33. The minimum Gasteiger partial charge on any atom is -0.397 e. The van der Waals surface area contributed by atoms with E-state index in [1.165, 1.54) is 32.1 Å². The minimum absolute atomic E-state index is 0.717. The number of aromatic nitrogens is 1. The van der Waals surface area contributed by atoms with Gasteiger partial charge in [-0.05, 0) is 34.8 Å². The van der Waals surface area contributed by atoms with Crippen molar-refractivity contribution in [2.45, 2.75) is 42.4 Å². The van der Waals surface area contributed by atoms with Crippen molar-refractivity contribution >= 4 is 33.4 Å². The standard InChI is InChI=1S/C11H15BrN2S/c12-8-6-10(13)11(14-7-8)15-9-4-2-1-3-5-9/h6-7,9H,1-5,13H2. The molecule has 0 bridgehead atoms. The van der Waals surface area contributed by atoms with E-state index in [1.54, 1.807) is 0 Å². The van der Waals surface area contributed by atoms with Crippen molar-refractivity contribution < 1.29 is 0 Å². The molecule has 0 atom stereocenters. The predicted octanol–water partition coefficient (Wildman–Crippen LogP) is 3.85. The highest BCUT2D eigenvalue weighted by Gasteiger charge is 2.16. The topological polar surface area (TPSA) is 38.9 Å². The average Bonchev–Trinajstić information content (AvgIpc) is 2.24. The zero-order chi connectivity index (χ0) is 10.7. The van der Waals surface area contributed by atoms with Crippen LogP contribution in [-0.4, -0.2) is 10.2 Å². The quantitative estimate of drug-likeness (QED) is 0.898. The molecule has 0 radical (unpaired) electrons. The summed E-state index contributed by atoms with van der Waals surface area (Å²) in [5.74, 6) is 0. The molecule has 1 saturated carbocycles. The third kappa shape index (κ3) is 3.11. The van der Waals surface area contributed by atoms with Gasteiger partial charge in [0, 0.05) is 15.9 Å². The first kappa shape index (κ1) is 11.3. The van der Waals surface area contributed by atoms with Crippen molar-refractivity contribution in [2.75, 3.05) is 5.73 Å². The first-order valence-corrected chi connectivity index (χ1v) is 7.00. The molecule has 2 nitrogen and oxygen atoms in total. The number of anilines is 1. The Bertz CT molecular complexity index is 337. The molecule has 0 aromatic carbocycles. The fourth-order valence-electron chi connectivity index (χ4n) is 1.88. The largest absolute Gasteiger partial charge is 0.397 e. The van der Waals surface area contributed by atoms with E-state index in [9.17, 15) is 0 Å². The Morgan fingerprint density at radius 3 is 2.73 bits per heavy atom. The van der Waals surface area contributed by atoms with Crippen LogP contribution in [0.1, 0.15) is 32.1 Å². The highest BCUT2D eigenvalue weighted by molar-refractivity contribution is 9.10. The van der Waals surface area contributed by atoms with Crippen LogP contribution in [-0.2, 0) is 0 Å². The summed E-state index contributed by atoms with van der Waals surface area (Å²) in [4.78, 5) is 4.36. The monoisotopic (exact) mass is 286 g/mol. The Morgan fingerprint density at radius 1 is 1.33 bits per heavy atom. The number of hydrogen-bond acceptors (Lipinski definition) is 3. The van der Waals surface area contributed by atoms with Crippen LogP contribution >= 0.6 is 27.7 Å². The number of nitrogens with two attached hydrogens (primary N) is 1. The van der Waals surface area contributed by atoms with Crippen LogP contribution in [0.2, 0.25) is 0 Å². The number of hydrogen-bond donors (Lipinski definition) is 1. The molecule has 0 aliphatic heterocycles. The zero-order valence-electron chi connectivity index (χ0n) is 8.58. The molecule has 0 spiro atoms. The zero-order valence-corrected chi connectivity index (χ0v) is 11.0. The Labute approximate surface area is 103 Å². The Balaban J connectivity index is 2.03. The van der Waals surface area contributed by atoms with E-state index >= 15 is 0 Å². The molecule has 82 valence electrons. The second-order valence-electron chi connectivity index (χ2n) is 3.93. The lowest BCUT2D eigenvalue weighted by Crippen LogP contribution is -2.08. The van der Waals surface area contributed by atoms with Crippen LogP contribution < -0.4 is 5.73 Å². The van der Waals surface area contributed by atoms with Gasteiger partial charge in [0.1, 0.15) is 5.03 Å². The smallest absolute Gasteiger partial charge is 0.119 e. The predicted molar refractivity (Wildman–Crippen MR) is 69.1 cm³/mol. The molecule has 1 fully saturated rings. The number of halogens is 1. The molecule has 1 aromatic rings. The van der Waals surface area contributed by atoms with E-state index in [2.05, 4.69) is 20.9 Å². The van der Waals surface area contributed by atoms with Crippen LogP contribution in [0.4, 0.5) is 5.69 Å². The summed E-state index contributed by atoms with van der Waals surface area (Å²) in [7, 11) is 0. The van der Waals surface area contributed by atoms with Gasteiger partial charge in [-0.2, -0.15) is 0 Å². The number of thioether (sulfide) groups is 1. The summed E-state index contributed by atoms with van der Waals surface area (Å²) in [6.07, 6.45) is 8.54. The maximum atomic E-state index is 5.93. The van der Waals surface area contributed by atoms with Gasteiger partial charge in [0.05, 0.1) is 5.69 Å². The van der Waals surface area contributed by atoms with Crippen LogP contribution in [0.25, 0.3) is 0 Å². The second kappa shape index (κ2) is 5.21. The lowest BCUT2D eigenvalue weighted by molar-refractivity contribution is 0.516. The number of nitrogen functional groups attached to an aromatic ring is 1. The summed E-state index contributed by atoms with van der Waals surface area (Å²) >= 11 is 5.21. The van der Waals surface area contributed by atoms with E-state index in [-0.39, 0.29) is 0 Å². The van der Waals surface area contributed by atoms with E-state index in [4.69, 9.17) is 5.73 Å². The van der Waals surface area contributed by atoms with Crippen molar-refractivity contribution in [3.63, 3.8) is 0 Å². The highest BCUT2D eigenvalue weighted by Crippen LogP contribution is 2.35. The molecule has 1 aromatic heterocycles. The van der Waals surface area contributed by atoms with E-state index < -0.39 is 0 Å². The Hall–Kier alpha value is -0.220. The molecule has 1 aliphatic carbocycles. The van der Waals surface area contributed by atoms with Gasteiger partial charge in [-0.15, -0.1) is 11.8 Å². The van der Waals surface area contributed by atoms with E-state index in [0.717, 1.165) is 20.4 Å². The molecule has 0 amide bonds. The summed E-state index contributed by atoms with van der Waals surface area (Å²) in [6, 6.07) is 1.93. The van der Waals surface area contributed by atoms with Gasteiger partial charge >= 0.3 is 0 Å². The Morgan fingerprint density at radius 2 is 2.07 bits per heavy atom. The minimum atomic E-state index is 0.717. The summed E-state index contributed by atoms with van der Waals surface area (Å²) in [5, 5.41) is 1.71. The fourth-order valence-corrected chi connectivity index (χ4v) is 3.42. The maximum absolute atomic E-state index is 5.93. The maximum Gasteiger partial charge on any atom is 0.119 e. The summed E-state index contributed by atoms with van der Waals surface area (Å²) in [5.41, 5.74) is 6.72. The van der Waals surface area contributed by atoms with Gasteiger partial charge in [0.25, 0.3) is 0 Å². The molecular formula is C11H15BrN2S. The average molecular weight is 287 g/mol. The van der Waals surface area contributed by atoms with Crippen molar-refractivity contribution in [3.8, 4) is 0 Å². The van der Waals surface area contributed by atoms with Gasteiger partial charge < -0.3 is 5.73 Å². The molecule has 15 heavy (non-hydrogen) atoms. The molecule has 2 rings (SSSR count). The molecule has 1 aliphatic rings. The van der Waals surface area contributed by atoms with Crippen molar-refractivity contribution in [2.24, 2.45) is 0 Å². The SMILES string of the molecule is Nc1cc(Br)cnc1SC1CCCCC1. The van der Waals surface area contributed by atoms with E-state index in [0.29, 0.717) is 0 Å². The summed E-state index contributed by atoms with van der Waals surface area (Å²) < 4.78 is 0.952. The number of pyridine rings is 1. The van der Waals surface area contributed by atoms with E-state index in [1.807, 2.05) is 24.0 Å². The summed E-state index contributed by atoms with van der Waals surface area (Å²) in [6.45, 7) is 0. The van der Waals surface area contributed by atoms with Crippen molar-refractivity contribution in [1.82, 2.24) is 4.98 Å². The van der Waals surface area contributed by atoms with Crippen molar-refractivity contribution in [1.29, 1.82) is 0 Å².